The Bertz CT molecular complexity index is 1800. The number of hydrogen-bond donors (Lipinski definition) is 0. The van der Waals surface area contributed by atoms with Crippen molar-refractivity contribution in [3.8, 4) is 22.3 Å². The lowest BCUT2D eigenvalue weighted by molar-refractivity contribution is 0.660. The Balaban J connectivity index is 1.46. The number of nitrogens with zero attached hydrogens (tertiary/aromatic N) is 1. The number of para-hydroxylation sites is 1. The molecule has 1 aliphatic carbocycles. The SMILES string of the molecule is Cc1cc2c(c3ccccc13)-c1ccc(-c3ccc4c(c3)c3ccccc3n4C)cc1C2(C)C. The van der Waals surface area contributed by atoms with Gasteiger partial charge in [0.05, 0.1) is 0 Å². The highest BCUT2D eigenvalue weighted by atomic mass is 14.9. The summed E-state index contributed by atoms with van der Waals surface area (Å²) in [6.07, 6.45) is 0. The Morgan fingerprint density at radius 3 is 2.06 bits per heavy atom. The lowest BCUT2D eigenvalue weighted by Crippen LogP contribution is -2.15. The van der Waals surface area contributed by atoms with Crippen molar-refractivity contribution in [3.63, 3.8) is 0 Å². The summed E-state index contributed by atoms with van der Waals surface area (Å²) in [6.45, 7) is 7.00. The summed E-state index contributed by atoms with van der Waals surface area (Å²) in [7, 11) is 2.16. The number of aromatic nitrogens is 1. The van der Waals surface area contributed by atoms with E-state index in [9.17, 15) is 0 Å². The van der Waals surface area contributed by atoms with Gasteiger partial charge in [0.1, 0.15) is 0 Å². The zero-order chi connectivity index (χ0) is 23.2. The van der Waals surface area contributed by atoms with E-state index in [-0.39, 0.29) is 5.41 Å². The molecule has 0 saturated heterocycles. The van der Waals surface area contributed by atoms with E-state index in [1.165, 1.54) is 71.5 Å². The average molecular weight is 438 g/mol. The molecule has 1 heterocycles. The quantitative estimate of drug-likeness (QED) is 0.242. The van der Waals surface area contributed by atoms with E-state index in [1.54, 1.807) is 0 Å². The van der Waals surface area contributed by atoms with Gasteiger partial charge in [-0.15, -0.1) is 0 Å². The highest BCUT2D eigenvalue weighted by Crippen LogP contribution is 2.52. The molecule has 6 aromatic rings. The largest absolute Gasteiger partial charge is 0.344 e. The fraction of sp³-hybridized carbons (Fsp3) is 0.152. The summed E-state index contributed by atoms with van der Waals surface area (Å²) in [6, 6.07) is 34.0. The third kappa shape index (κ3) is 2.45. The number of rotatable bonds is 1. The Morgan fingerprint density at radius 2 is 1.24 bits per heavy atom. The molecule has 5 aromatic carbocycles. The molecule has 0 atom stereocenters. The summed E-state index contributed by atoms with van der Waals surface area (Å²) in [5.74, 6) is 0. The van der Waals surface area contributed by atoms with Crippen LogP contribution in [0.3, 0.4) is 0 Å². The van der Waals surface area contributed by atoms with Gasteiger partial charge in [-0.3, -0.25) is 0 Å². The van der Waals surface area contributed by atoms with Crippen LogP contribution in [-0.4, -0.2) is 4.57 Å². The van der Waals surface area contributed by atoms with E-state index in [0.717, 1.165) is 0 Å². The summed E-state index contributed by atoms with van der Waals surface area (Å²) in [5.41, 5.74) is 12.1. The zero-order valence-corrected chi connectivity index (χ0v) is 20.1. The first-order valence-electron chi connectivity index (χ1n) is 12.1. The maximum absolute atomic E-state index is 2.44. The standard InChI is InChI=1S/C33H27N/c1-20-17-29-32(25-11-6-5-9-23(20)25)26-15-13-22(19-28(26)33(29,2)3)21-14-16-31-27(18-21)24-10-7-8-12-30(24)34(31)4/h5-19H,1-4H3. The van der Waals surface area contributed by atoms with Crippen molar-refractivity contribution in [1.29, 1.82) is 0 Å². The average Bonchev–Trinajstić information content (AvgIpc) is 3.27. The van der Waals surface area contributed by atoms with Crippen molar-refractivity contribution in [2.24, 2.45) is 7.05 Å². The lowest BCUT2D eigenvalue weighted by atomic mass is 9.80. The van der Waals surface area contributed by atoms with Gasteiger partial charge in [-0.2, -0.15) is 0 Å². The third-order valence-electron chi connectivity index (χ3n) is 8.13. The number of benzene rings is 5. The maximum Gasteiger partial charge on any atom is 0.0489 e. The molecule has 0 saturated carbocycles. The Morgan fingerprint density at radius 1 is 0.588 bits per heavy atom. The van der Waals surface area contributed by atoms with Crippen LogP contribution in [0, 0.1) is 6.92 Å². The van der Waals surface area contributed by atoms with Crippen LogP contribution in [0.5, 0.6) is 0 Å². The van der Waals surface area contributed by atoms with Crippen molar-refractivity contribution in [2.45, 2.75) is 26.2 Å². The van der Waals surface area contributed by atoms with Gasteiger partial charge >= 0.3 is 0 Å². The second kappa shape index (κ2) is 6.61. The molecule has 0 aliphatic heterocycles. The Kier molecular flexibility index (Phi) is 3.81. The summed E-state index contributed by atoms with van der Waals surface area (Å²) in [4.78, 5) is 0. The van der Waals surface area contributed by atoms with Gasteiger partial charge in [0.25, 0.3) is 0 Å². The van der Waals surface area contributed by atoms with Crippen LogP contribution < -0.4 is 0 Å². The van der Waals surface area contributed by atoms with Gasteiger partial charge in [-0.25, -0.2) is 0 Å². The van der Waals surface area contributed by atoms with Gasteiger partial charge in [0.15, 0.2) is 0 Å². The fourth-order valence-electron chi connectivity index (χ4n) is 6.29. The normalized spacial score (nSPS) is 14.1. The third-order valence-corrected chi connectivity index (χ3v) is 8.13. The Labute approximate surface area is 200 Å². The van der Waals surface area contributed by atoms with E-state index in [4.69, 9.17) is 0 Å². The molecule has 34 heavy (non-hydrogen) atoms. The molecule has 0 bridgehead atoms. The highest BCUT2D eigenvalue weighted by molar-refractivity contribution is 6.09. The van der Waals surface area contributed by atoms with Crippen molar-refractivity contribution in [3.05, 3.63) is 108 Å². The van der Waals surface area contributed by atoms with Crippen LogP contribution in [0.15, 0.2) is 91.0 Å². The molecule has 1 aromatic heterocycles. The smallest absolute Gasteiger partial charge is 0.0489 e. The van der Waals surface area contributed by atoms with Crippen LogP contribution >= 0.6 is 0 Å². The van der Waals surface area contributed by atoms with Crippen molar-refractivity contribution < 1.29 is 0 Å². The molecule has 0 fully saturated rings. The molecule has 164 valence electrons. The molecule has 0 unspecified atom stereocenters. The molecule has 0 N–H and O–H groups in total. The molecular formula is C33H27N. The molecule has 1 heteroatoms. The van der Waals surface area contributed by atoms with E-state index in [1.807, 2.05) is 0 Å². The van der Waals surface area contributed by atoms with Crippen LogP contribution in [-0.2, 0) is 12.5 Å². The molecule has 7 rings (SSSR count). The topological polar surface area (TPSA) is 4.93 Å². The minimum atomic E-state index is -0.0288. The molecule has 1 nitrogen and oxygen atoms in total. The predicted octanol–water partition coefficient (Wildman–Crippen LogP) is 8.77. The predicted molar refractivity (Wildman–Crippen MR) is 146 cm³/mol. The lowest BCUT2D eigenvalue weighted by Gasteiger charge is -2.23. The monoisotopic (exact) mass is 437 g/mol. The Hall–Kier alpha value is -3.84. The molecule has 0 amide bonds. The van der Waals surface area contributed by atoms with Crippen molar-refractivity contribution in [1.82, 2.24) is 4.57 Å². The first-order chi connectivity index (χ1) is 16.4. The van der Waals surface area contributed by atoms with E-state index >= 15 is 0 Å². The minimum absolute atomic E-state index is 0.0288. The summed E-state index contributed by atoms with van der Waals surface area (Å²) < 4.78 is 2.30. The summed E-state index contributed by atoms with van der Waals surface area (Å²) >= 11 is 0. The van der Waals surface area contributed by atoms with E-state index in [0.29, 0.717) is 0 Å². The van der Waals surface area contributed by atoms with Gasteiger partial charge < -0.3 is 4.57 Å². The number of hydrogen-bond acceptors (Lipinski definition) is 0. The first kappa shape index (κ1) is 19.6. The highest BCUT2D eigenvalue weighted by Gasteiger charge is 2.37. The fourth-order valence-corrected chi connectivity index (χ4v) is 6.29. The van der Waals surface area contributed by atoms with Crippen molar-refractivity contribution in [2.75, 3.05) is 0 Å². The second-order valence-corrected chi connectivity index (χ2v) is 10.4. The molecular weight excluding hydrogens is 410 g/mol. The van der Waals surface area contributed by atoms with Crippen LogP contribution in [0.25, 0.3) is 54.8 Å². The van der Waals surface area contributed by atoms with E-state index in [2.05, 4.69) is 123 Å². The van der Waals surface area contributed by atoms with Gasteiger partial charge in [0, 0.05) is 34.3 Å². The van der Waals surface area contributed by atoms with Gasteiger partial charge in [-0.1, -0.05) is 80.6 Å². The van der Waals surface area contributed by atoms with Crippen molar-refractivity contribution >= 4 is 32.6 Å². The molecule has 1 aliphatic rings. The minimum Gasteiger partial charge on any atom is -0.344 e. The maximum atomic E-state index is 2.44. The summed E-state index contributed by atoms with van der Waals surface area (Å²) in [5, 5.41) is 5.36. The second-order valence-electron chi connectivity index (χ2n) is 10.4. The molecule has 0 spiro atoms. The van der Waals surface area contributed by atoms with E-state index < -0.39 is 0 Å². The van der Waals surface area contributed by atoms with Crippen LogP contribution in [0.1, 0.15) is 30.5 Å². The van der Waals surface area contributed by atoms with Crippen LogP contribution in [0.4, 0.5) is 0 Å². The number of aryl methyl sites for hydroxylation is 2. The van der Waals surface area contributed by atoms with Gasteiger partial charge in [-0.05, 0) is 80.9 Å². The first-order valence-corrected chi connectivity index (χ1v) is 12.1. The zero-order valence-electron chi connectivity index (χ0n) is 20.1. The van der Waals surface area contributed by atoms with Gasteiger partial charge in [0.2, 0.25) is 0 Å². The molecule has 0 radical (unpaired) electrons. The number of fused-ring (bicyclic) bond motifs is 8. The van der Waals surface area contributed by atoms with Crippen LogP contribution in [0.2, 0.25) is 0 Å².